The molecule has 8 heteroatoms. The number of carbonyl (C=O) groups excluding carboxylic acids is 2. The van der Waals surface area contributed by atoms with Gasteiger partial charge in [0, 0.05) is 23.1 Å². The Morgan fingerprint density at radius 3 is 2.48 bits per heavy atom. The molecule has 2 aromatic rings. The number of hydrogen-bond acceptors (Lipinski definition) is 5. The average Bonchev–Trinajstić information content (AvgIpc) is 2.79. The van der Waals surface area contributed by atoms with E-state index in [0.29, 0.717) is 30.2 Å². The molecule has 0 spiro atoms. The van der Waals surface area contributed by atoms with Gasteiger partial charge in [-0.1, -0.05) is 41.9 Å². The molecule has 2 N–H and O–H groups in total. The number of carbonyl (C=O) groups is 2. The summed E-state index contributed by atoms with van der Waals surface area (Å²) in [7, 11) is 1.59. The number of amides is 2. The minimum absolute atomic E-state index is 0.102. The van der Waals surface area contributed by atoms with E-state index in [1.165, 1.54) is 0 Å². The smallest absolute Gasteiger partial charge is 0.251 e. The Morgan fingerprint density at radius 1 is 1.03 bits per heavy atom. The van der Waals surface area contributed by atoms with Crippen molar-refractivity contribution in [3.05, 3.63) is 58.1 Å². The Kier molecular flexibility index (Phi) is 10.3. The molecule has 2 rings (SSSR count). The summed E-state index contributed by atoms with van der Waals surface area (Å²) in [6.07, 6.45) is 0. The van der Waals surface area contributed by atoms with Gasteiger partial charge in [0.25, 0.3) is 5.91 Å². The minimum atomic E-state index is -0.302. The summed E-state index contributed by atoms with van der Waals surface area (Å²) in [6, 6.07) is 12.6. The van der Waals surface area contributed by atoms with E-state index in [9.17, 15) is 9.59 Å². The van der Waals surface area contributed by atoms with Crippen molar-refractivity contribution < 1.29 is 19.1 Å². The maximum Gasteiger partial charge on any atom is 0.251 e. The second-order valence-electron chi connectivity index (χ2n) is 6.83. The topological polar surface area (TPSA) is 79.9 Å². The maximum absolute atomic E-state index is 12.1. The number of hydrogen-bond donors (Lipinski definition) is 2. The van der Waals surface area contributed by atoms with Crippen molar-refractivity contribution in [2.75, 3.05) is 39.9 Å². The van der Waals surface area contributed by atoms with Crippen LogP contribution in [0.2, 0.25) is 0 Å². The zero-order chi connectivity index (χ0) is 22.6. The fourth-order valence-electron chi connectivity index (χ4n) is 2.92. The van der Waals surface area contributed by atoms with Crippen LogP contribution in [0.4, 0.5) is 0 Å². The predicted octanol–water partition coefficient (Wildman–Crippen LogP) is 3.22. The van der Waals surface area contributed by atoms with E-state index in [-0.39, 0.29) is 18.4 Å². The normalized spacial score (nSPS) is 10.6. The maximum atomic E-state index is 12.1. The molecule has 0 unspecified atom stereocenters. The van der Waals surface area contributed by atoms with Crippen molar-refractivity contribution in [1.29, 1.82) is 0 Å². The molecule has 0 atom stereocenters. The van der Waals surface area contributed by atoms with E-state index >= 15 is 0 Å². The molecule has 0 saturated carbocycles. The highest BCUT2D eigenvalue weighted by Crippen LogP contribution is 2.28. The van der Waals surface area contributed by atoms with E-state index in [2.05, 4.69) is 45.3 Å². The van der Waals surface area contributed by atoms with Crippen LogP contribution in [0.25, 0.3) is 0 Å². The third-order valence-electron chi connectivity index (χ3n) is 4.77. The quantitative estimate of drug-likeness (QED) is 0.476. The third kappa shape index (κ3) is 8.22. The van der Waals surface area contributed by atoms with Crippen molar-refractivity contribution in [2.45, 2.75) is 20.4 Å². The largest absolute Gasteiger partial charge is 0.493 e. The van der Waals surface area contributed by atoms with Crippen LogP contribution < -0.4 is 20.1 Å². The van der Waals surface area contributed by atoms with Crippen LogP contribution >= 0.6 is 15.9 Å². The zero-order valence-electron chi connectivity index (χ0n) is 18.2. The molecule has 0 fully saturated rings. The molecule has 0 saturated heterocycles. The molecule has 0 radical (unpaired) electrons. The van der Waals surface area contributed by atoms with Crippen LogP contribution in [-0.2, 0) is 11.3 Å². The van der Waals surface area contributed by atoms with Crippen LogP contribution in [0, 0.1) is 0 Å². The van der Waals surface area contributed by atoms with Gasteiger partial charge in [-0.15, -0.1) is 0 Å². The number of rotatable bonds is 12. The molecular formula is C23H30BrN3O4. The van der Waals surface area contributed by atoms with Gasteiger partial charge in [-0.2, -0.15) is 0 Å². The van der Waals surface area contributed by atoms with Crippen molar-refractivity contribution in [3.8, 4) is 11.5 Å². The molecule has 168 valence electrons. The Bertz CT molecular complexity index is 872. The highest BCUT2D eigenvalue weighted by atomic mass is 79.9. The first-order valence-electron chi connectivity index (χ1n) is 10.3. The highest BCUT2D eigenvalue weighted by molar-refractivity contribution is 9.10. The molecule has 0 aliphatic rings. The van der Waals surface area contributed by atoms with Gasteiger partial charge >= 0.3 is 0 Å². The standard InChI is InChI=1S/C23H30BrN3O4/c1-4-27(5-2)11-12-31-20-10-9-17(13-21(20)30-3)15-25-22(28)16-26-23(29)18-7-6-8-19(24)14-18/h6-10,13-14H,4-5,11-12,15-16H2,1-3H3,(H,25,28)(H,26,29). The van der Waals surface area contributed by atoms with Crippen molar-refractivity contribution in [1.82, 2.24) is 15.5 Å². The SMILES string of the molecule is CCN(CC)CCOc1ccc(CNC(=O)CNC(=O)c2cccc(Br)c2)cc1OC. The second kappa shape index (κ2) is 13.0. The summed E-state index contributed by atoms with van der Waals surface area (Å²) in [6.45, 7) is 7.86. The van der Waals surface area contributed by atoms with E-state index < -0.39 is 0 Å². The van der Waals surface area contributed by atoms with Gasteiger partial charge in [0.05, 0.1) is 13.7 Å². The summed E-state index contributed by atoms with van der Waals surface area (Å²) >= 11 is 3.32. The number of nitrogens with zero attached hydrogens (tertiary/aromatic N) is 1. The molecule has 0 heterocycles. The first kappa shape index (κ1) is 24.7. The summed E-state index contributed by atoms with van der Waals surface area (Å²) < 4.78 is 12.1. The van der Waals surface area contributed by atoms with Gasteiger partial charge in [-0.05, 0) is 49.0 Å². The number of methoxy groups -OCH3 is 1. The molecule has 7 nitrogen and oxygen atoms in total. The molecule has 0 aliphatic heterocycles. The lowest BCUT2D eigenvalue weighted by molar-refractivity contribution is -0.120. The third-order valence-corrected chi connectivity index (χ3v) is 5.27. The number of benzene rings is 2. The minimum Gasteiger partial charge on any atom is -0.493 e. The van der Waals surface area contributed by atoms with Crippen LogP contribution in [0.15, 0.2) is 46.9 Å². The van der Waals surface area contributed by atoms with Gasteiger partial charge < -0.3 is 25.0 Å². The first-order chi connectivity index (χ1) is 15.0. The zero-order valence-corrected chi connectivity index (χ0v) is 19.8. The second-order valence-corrected chi connectivity index (χ2v) is 7.75. The van der Waals surface area contributed by atoms with Crippen LogP contribution in [0.1, 0.15) is 29.8 Å². The fraction of sp³-hybridized carbons (Fsp3) is 0.391. The van der Waals surface area contributed by atoms with Crippen LogP contribution in [0.3, 0.4) is 0 Å². The monoisotopic (exact) mass is 491 g/mol. The number of likely N-dealkylation sites (N-methyl/N-ethyl adjacent to an activating group) is 1. The number of nitrogens with one attached hydrogen (secondary N) is 2. The van der Waals surface area contributed by atoms with E-state index in [1.54, 1.807) is 25.3 Å². The van der Waals surface area contributed by atoms with Gasteiger partial charge in [0.15, 0.2) is 11.5 Å². The van der Waals surface area contributed by atoms with Gasteiger partial charge in [-0.3, -0.25) is 9.59 Å². The lowest BCUT2D eigenvalue weighted by atomic mass is 10.2. The van der Waals surface area contributed by atoms with Crippen molar-refractivity contribution in [3.63, 3.8) is 0 Å². The van der Waals surface area contributed by atoms with E-state index in [0.717, 1.165) is 29.7 Å². The number of ether oxygens (including phenoxy) is 2. The Balaban J connectivity index is 1.81. The molecule has 2 aromatic carbocycles. The van der Waals surface area contributed by atoms with Crippen molar-refractivity contribution in [2.24, 2.45) is 0 Å². The van der Waals surface area contributed by atoms with Crippen molar-refractivity contribution >= 4 is 27.7 Å². The molecule has 0 aliphatic carbocycles. The lowest BCUT2D eigenvalue weighted by Gasteiger charge is -2.19. The summed E-state index contributed by atoms with van der Waals surface area (Å²) in [4.78, 5) is 26.5. The van der Waals surface area contributed by atoms with E-state index in [4.69, 9.17) is 9.47 Å². The van der Waals surface area contributed by atoms with Gasteiger partial charge in [-0.25, -0.2) is 0 Å². The summed E-state index contributed by atoms with van der Waals surface area (Å²) in [5.41, 5.74) is 1.36. The van der Waals surface area contributed by atoms with Crippen LogP contribution in [-0.4, -0.2) is 56.6 Å². The van der Waals surface area contributed by atoms with Gasteiger partial charge in [0.1, 0.15) is 6.61 Å². The van der Waals surface area contributed by atoms with Gasteiger partial charge in [0.2, 0.25) is 5.91 Å². The van der Waals surface area contributed by atoms with E-state index in [1.807, 2.05) is 24.3 Å². The predicted molar refractivity (Wildman–Crippen MR) is 125 cm³/mol. The summed E-state index contributed by atoms with van der Waals surface area (Å²) in [5, 5.41) is 5.41. The van der Waals surface area contributed by atoms with Crippen LogP contribution in [0.5, 0.6) is 11.5 Å². The molecular weight excluding hydrogens is 462 g/mol. The molecule has 31 heavy (non-hydrogen) atoms. The fourth-order valence-corrected chi connectivity index (χ4v) is 3.32. The number of halogens is 1. The summed E-state index contributed by atoms with van der Waals surface area (Å²) in [5.74, 6) is 0.714. The molecule has 2 amide bonds. The Morgan fingerprint density at radius 2 is 1.81 bits per heavy atom. The Hall–Kier alpha value is -2.58. The molecule has 0 aromatic heterocycles. The highest BCUT2D eigenvalue weighted by Gasteiger charge is 2.10. The molecule has 0 bridgehead atoms. The first-order valence-corrected chi connectivity index (χ1v) is 11.1. The Labute approximate surface area is 192 Å². The lowest BCUT2D eigenvalue weighted by Crippen LogP contribution is -2.36. The average molecular weight is 492 g/mol.